The fourth-order valence-electron chi connectivity index (χ4n) is 2.63. The van der Waals surface area contributed by atoms with Gasteiger partial charge in [0.2, 0.25) is 5.89 Å². The molecule has 0 spiro atoms. The fourth-order valence-corrected chi connectivity index (χ4v) is 4.17. The number of oxazole rings is 1. The van der Waals surface area contributed by atoms with Crippen LogP contribution in [0.4, 0.5) is 5.69 Å². The van der Waals surface area contributed by atoms with Gasteiger partial charge in [-0.2, -0.15) is 0 Å². The number of nitrogens with zero attached hydrogens (tertiary/aromatic N) is 1. The molecule has 1 heterocycles. The molecule has 0 fully saturated rings. The summed E-state index contributed by atoms with van der Waals surface area (Å²) >= 11 is 7.95. The van der Waals surface area contributed by atoms with Gasteiger partial charge in [0.15, 0.2) is 5.58 Å². The van der Waals surface area contributed by atoms with Gasteiger partial charge in [-0.25, -0.2) is 4.98 Å². The van der Waals surface area contributed by atoms with Crippen molar-refractivity contribution >= 4 is 83.8 Å². The molecule has 0 atom stereocenters. The number of carbonyl (C=O) groups excluding carboxylic acids is 1. The van der Waals surface area contributed by atoms with Crippen LogP contribution in [0.25, 0.3) is 22.6 Å². The highest BCUT2D eigenvalue weighted by Gasteiger charge is 2.14. The minimum atomic E-state index is -0.150. The molecule has 4 rings (SSSR count). The number of amides is 1. The van der Waals surface area contributed by atoms with Gasteiger partial charge in [0, 0.05) is 17.3 Å². The van der Waals surface area contributed by atoms with Crippen molar-refractivity contribution in [1.29, 1.82) is 0 Å². The van der Waals surface area contributed by atoms with Crippen LogP contribution in [0, 0.1) is 7.14 Å². The largest absolute Gasteiger partial charge is 0.436 e. The number of carbonyl (C=O) groups is 1. The normalized spacial score (nSPS) is 10.9. The molecule has 0 aliphatic heterocycles. The van der Waals surface area contributed by atoms with Crippen LogP contribution in [0.1, 0.15) is 10.4 Å². The first-order chi connectivity index (χ1) is 13.0. The monoisotopic (exact) mass is 644 g/mol. The summed E-state index contributed by atoms with van der Waals surface area (Å²) in [6.07, 6.45) is 0. The quantitative estimate of drug-likeness (QED) is 0.252. The molecule has 0 saturated carbocycles. The maximum atomic E-state index is 12.5. The summed E-state index contributed by atoms with van der Waals surface area (Å²) in [7, 11) is 0. The van der Waals surface area contributed by atoms with Crippen LogP contribution in [-0.4, -0.2) is 10.9 Å². The van der Waals surface area contributed by atoms with Gasteiger partial charge in [-0.05, 0) is 110 Å². The molecule has 0 unspecified atom stereocenters. The molecule has 7 heteroatoms. The highest BCUT2D eigenvalue weighted by Crippen LogP contribution is 2.32. The molecule has 0 aliphatic carbocycles. The highest BCUT2D eigenvalue weighted by molar-refractivity contribution is 14.1. The van der Waals surface area contributed by atoms with Crippen molar-refractivity contribution in [2.75, 3.05) is 5.32 Å². The molecule has 27 heavy (non-hydrogen) atoms. The lowest BCUT2D eigenvalue weighted by atomic mass is 10.2. The van der Waals surface area contributed by atoms with E-state index in [4.69, 9.17) is 4.42 Å². The second-order valence-corrected chi connectivity index (χ2v) is 9.02. The van der Waals surface area contributed by atoms with Crippen LogP contribution in [0.2, 0.25) is 0 Å². The number of fused-ring (bicyclic) bond motifs is 1. The lowest BCUT2D eigenvalue weighted by Gasteiger charge is -2.06. The van der Waals surface area contributed by atoms with Gasteiger partial charge in [-0.3, -0.25) is 4.79 Å². The maximum Gasteiger partial charge on any atom is 0.256 e. The van der Waals surface area contributed by atoms with E-state index in [1.54, 1.807) is 6.07 Å². The Hall–Kier alpha value is -1.46. The number of benzene rings is 3. The summed E-state index contributed by atoms with van der Waals surface area (Å²) in [5.41, 5.74) is 3.57. The zero-order chi connectivity index (χ0) is 19.0. The van der Waals surface area contributed by atoms with Crippen molar-refractivity contribution in [3.05, 3.63) is 77.8 Å². The Morgan fingerprint density at radius 2 is 1.85 bits per heavy atom. The lowest BCUT2D eigenvalue weighted by molar-refractivity contribution is 0.102. The number of anilines is 1. The van der Waals surface area contributed by atoms with Crippen molar-refractivity contribution in [1.82, 2.24) is 4.98 Å². The zero-order valence-corrected chi connectivity index (χ0v) is 19.6. The van der Waals surface area contributed by atoms with E-state index in [2.05, 4.69) is 71.4 Å². The summed E-state index contributed by atoms with van der Waals surface area (Å²) in [5.74, 6) is 0.389. The number of nitrogens with one attached hydrogen (secondary N) is 1. The van der Waals surface area contributed by atoms with Crippen LogP contribution in [0.3, 0.4) is 0 Å². The second kappa shape index (κ2) is 7.88. The third kappa shape index (κ3) is 4.04. The Kier molecular flexibility index (Phi) is 5.51. The summed E-state index contributed by atoms with van der Waals surface area (Å²) in [5, 5.41) is 2.92. The topological polar surface area (TPSA) is 55.1 Å². The van der Waals surface area contributed by atoms with Gasteiger partial charge in [0.25, 0.3) is 5.91 Å². The van der Waals surface area contributed by atoms with Crippen molar-refractivity contribution in [2.45, 2.75) is 0 Å². The Bertz CT molecular complexity index is 1170. The molecule has 4 aromatic rings. The van der Waals surface area contributed by atoms with Crippen LogP contribution >= 0.6 is 61.1 Å². The standard InChI is InChI=1S/C20H11BrI2N2O2/c21-15-7-5-11(22)9-14(15)20-25-17-10-12(6-8-18(17)27-20)24-19(26)13-3-1-2-4-16(13)23/h1-10H,(H,24,26). The third-order valence-electron chi connectivity index (χ3n) is 3.92. The molecule has 1 amide bonds. The van der Waals surface area contributed by atoms with Crippen LogP contribution in [-0.2, 0) is 0 Å². The average molecular weight is 645 g/mol. The average Bonchev–Trinajstić information content (AvgIpc) is 3.07. The number of aromatic nitrogens is 1. The van der Waals surface area contributed by atoms with Crippen molar-refractivity contribution in [3.63, 3.8) is 0 Å². The SMILES string of the molecule is O=C(Nc1ccc2oc(-c3cc(I)ccc3Br)nc2c1)c1ccccc1I. The minimum Gasteiger partial charge on any atom is -0.436 e. The van der Waals surface area contributed by atoms with Crippen LogP contribution in [0.5, 0.6) is 0 Å². The Labute approximate surface area is 191 Å². The molecular weight excluding hydrogens is 634 g/mol. The van der Waals surface area contributed by atoms with E-state index in [0.29, 0.717) is 28.2 Å². The fraction of sp³-hybridized carbons (Fsp3) is 0. The van der Waals surface area contributed by atoms with E-state index in [9.17, 15) is 4.79 Å². The smallest absolute Gasteiger partial charge is 0.256 e. The molecule has 0 bridgehead atoms. The number of rotatable bonds is 3. The van der Waals surface area contributed by atoms with Crippen molar-refractivity contribution in [3.8, 4) is 11.5 Å². The number of hydrogen-bond donors (Lipinski definition) is 1. The van der Waals surface area contributed by atoms with Gasteiger partial charge in [0.05, 0.1) is 11.1 Å². The first-order valence-corrected chi connectivity index (χ1v) is 10.9. The first-order valence-electron chi connectivity index (χ1n) is 7.93. The van der Waals surface area contributed by atoms with E-state index < -0.39 is 0 Å². The van der Waals surface area contributed by atoms with Crippen molar-refractivity contribution in [2.24, 2.45) is 0 Å². The van der Waals surface area contributed by atoms with Crippen molar-refractivity contribution < 1.29 is 9.21 Å². The predicted octanol–water partition coefficient (Wildman–Crippen LogP) is 6.72. The van der Waals surface area contributed by atoms with E-state index in [1.165, 1.54) is 0 Å². The van der Waals surface area contributed by atoms with E-state index >= 15 is 0 Å². The zero-order valence-electron chi connectivity index (χ0n) is 13.7. The molecular formula is C20H11BrI2N2O2. The first kappa shape index (κ1) is 18.9. The third-order valence-corrected chi connectivity index (χ3v) is 6.23. The molecule has 1 N–H and O–H groups in total. The highest BCUT2D eigenvalue weighted by atomic mass is 127. The molecule has 3 aromatic carbocycles. The summed E-state index contributed by atoms with van der Waals surface area (Å²) in [4.78, 5) is 17.1. The molecule has 0 saturated heterocycles. The summed E-state index contributed by atoms with van der Waals surface area (Å²) in [6, 6.07) is 18.9. The predicted molar refractivity (Wildman–Crippen MR) is 127 cm³/mol. The maximum absolute atomic E-state index is 12.5. The van der Waals surface area contributed by atoms with Gasteiger partial charge in [-0.1, -0.05) is 12.1 Å². The number of halogens is 3. The molecule has 1 aromatic heterocycles. The van der Waals surface area contributed by atoms with Gasteiger partial charge >= 0.3 is 0 Å². The van der Waals surface area contributed by atoms with Crippen LogP contribution in [0.15, 0.2) is 69.6 Å². The second-order valence-electron chi connectivity index (χ2n) is 5.76. The van der Waals surface area contributed by atoms with Gasteiger partial charge in [-0.15, -0.1) is 0 Å². The lowest BCUT2D eigenvalue weighted by Crippen LogP contribution is -2.13. The molecule has 0 aliphatic rings. The minimum absolute atomic E-state index is 0.150. The summed E-state index contributed by atoms with van der Waals surface area (Å²) in [6.45, 7) is 0. The van der Waals surface area contributed by atoms with E-state index in [-0.39, 0.29) is 5.91 Å². The van der Waals surface area contributed by atoms with Crippen LogP contribution < -0.4 is 5.32 Å². The number of hydrogen-bond acceptors (Lipinski definition) is 3. The molecule has 134 valence electrons. The summed E-state index contributed by atoms with van der Waals surface area (Å²) < 4.78 is 8.81. The van der Waals surface area contributed by atoms with E-state index in [0.717, 1.165) is 17.2 Å². The Balaban J connectivity index is 1.66. The van der Waals surface area contributed by atoms with Gasteiger partial charge in [0.1, 0.15) is 5.52 Å². The Morgan fingerprint density at radius 1 is 1.04 bits per heavy atom. The molecule has 0 radical (unpaired) electrons. The molecule has 4 nitrogen and oxygen atoms in total. The Morgan fingerprint density at radius 3 is 2.67 bits per heavy atom. The van der Waals surface area contributed by atoms with Gasteiger partial charge < -0.3 is 9.73 Å². The van der Waals surface area contributed by atoms with E-state index in [1.807, 2.05) is 54.6 Å².